The molecule has 0 atom stereocenters. The maximum atomic E-state index is 6.89. The number of rotatable bonds is 1. The Balaban J connectivity index is 2.10. The van der Waals surface area contributed by atoms with E-state index in [-0.39, 0.29) is 0 Å². The monoisotopic (exact) mass is 255 g/mol. The summed E-state index contributed by atoms with van der Waals surface area (Å²) < 4.78 is 5.52. The highest BCUT2D eigenvalue weighted by Crippen LogP contribution is 2.25. The van der Waals surface area contributed by atoms with Crippen LogP contribution in [0.25, 0.3) is 27.5 Å². The van der Waals surface area contributed by atoms with E-state index in [1.54, 1.807) is 36.4 Å². The van der Waals surface area contributed by atoms with Crippen LogP contribution in [0.2, 0.25) is 5.15 Å². The Morgan fingerprint density at radius 3 is 2.56 bits per heavy atom. The van der Waals surface area contributed by atoms with Crippen molar-refractivity contribution in [1.29, 1.82) is 0 Å². The van der Waals surface area contributed by atoms with Gasteiger partial charge < -0.3 is 4.42 Å². The first-order chi connectivity index (χ1) is 8.76. The zero-order valence-electron chi connectivity index (χ0n) is 9.09. The summed E-state index contributed by atoms with van der Waals surface area (Å²) in [7, 11) is 0. The van der Waals surface area contributed by atoms with Gasteiger partial charge in [0.05, 0.1) is 6.57 Å². The maximum absolute atomic E-state index is 6.89. The molecule has 18 heavy (non-hydrogen) atoms. The maximum Gasteiger partial charge on any atom is 0.248 e. The van der Waals surface area contributed by atoms with Crippen LogP contribution in [0.3, 0.4) is 0 Å². The number of hydrogen-bond donors (Lipinski definition) is 0. The van der Waals surface area contributed by atoms with Crippen molar-refractivity contribution in [3.05, 3.63) is 53.0 Å². The SMILES string of the molecule is [C-]#[N+]c1ccc(-c2nc3ccc(Cl)nc3o2)cc1. The molecule has 0 radical (unpaired) electrons. The highest BCUT2D eigenvalue weighted by atomic mass is 35.5. The molecule has 0 spiro atoms. The quantitative estimate of drug-likeness (QED) is 0.486. The molecule has 0 aliphatic heterocycles. The lowest BCUT2D eigenvalue weighted by Gasteiger charge is -1.94. The molecule has 3 rings (SSSR count). The lowest BCUT2D eigenvalue weighted by Crippen LogP contribution is -1.75. The summed E-state index contributed by atoms with van der Waals surface area (Å²) in [6, 6.07) is 10.4. The number of aromatic nitrogens is 2. The van der Waals surface area contributed by atoms with Crippen LogP contribution < -0.4 is 0 Å². The van der Waals surface area contributed by atoms with E-state index in [2.05, 4.69) is 14.8 Å². The molecule has 2 heterocycles. The number of oxazole rings is 1. The second-order valence-electron chi connectivity index (χ2n) is 3.64. The Labute approximate surface area is 108 Å². The van der Waals surface area contributed by atoms with Crippen molar-refractivity contribution in [2.75, 3.05) is 0 Å². The van der Waals surface area contributed by atoms with Gasteiger partial charge in [-0.3, -0.25) is 0 Å². The molecule has 3 aromatic rings. The Hall–Kier alpha value is -2.38. The Bertz CT molecular complexity index is 756. The van der Waals surface area contributed by atoms with Gasteiger partial charge in [0.25, 0.3) is 0 Å². The fraction of sp³-hybridized carbons (Fsp3) is 0. The van der Waals surface area contributed by atoms with Crippen LogP contribution in [-0.2, 0) is 0 Å². The molecule has 1 aromatic carbocycles. The average Bonchev–Trinajstić information content (AvgIpc) is 2.81. The summed E-state index contributed by atoms with van der Waals surface area (Å²) in [6.45, 7) is 6.89. The number of nitrogens with zero attached hydrogens (tertiary/aromatic N) is 3. The third-order valence-corrected chi connectivity index (χ3v) is 2.68. The molecule has 0 fully saturated rings. The van der Waals surface area contributed by atoms with Gasteiger partial charge in [0.15, 0.2) is 5.69 Å². The van der Waals surface area contributed by atoms with Crippen LogP contribution in [-0.4, -0.2) is 9.97 Å². The van der Waals surface area contributed by atoms with Gasteiger partial charge >= 0.3 is 0 Å². The third kappa shape index (κ3) is 1.81. The molecule has 86 valence electrons. The minimum absolute atomic E-state index is 0.369. The van der Waals surface area contributed by atoms with Crippen molar-refractivity contribution in [3.63, 3.8) is 0 Å². The standard InChI is InChI=1S/C13H6ClN3O/c1-15-9-4-2-8(3-5-9)12-16-10-6-7-11(14)17-13(10)18-12/h2-7H. The van der Waals surface area contributed by atoms with Gasteiger partial charge in [-0.2, -0.15) is 4.98 Å². The molecule has 0 amide bonds. The predicted molar refractivity (Wildman–Crippen MR) is 68.5 cm³/mol. The van der Waals surface area contributed by atoms with E-state index >= 15 is 0 Å². The molecule has 0 saturated heterocycles. The minimum atomic E-state index is 0.369. The van der Waals surface area contributed by atoms with Gasteiger partial charge in [0.1, 0.15) is 10.7 Å². The Morgan fingerprint density at radius 1 is 1.06 bits per heavy atom. The first kappa shape index (κ1) is 10.8. The van der Waals surface area contributed by atoms with Crippen LogP contribution in [0, 0.1) is 6.57 Å². The molecule has 4 nitrogen and oxygen atoms in total. The summed E-state index contributed by atoms with van der Waals surface area (Å²) in [4.78, 5) is 11.7. The molecule has 0 bridgehead atoms. The van der Waals surface area contributed by atoms with E-state index in [1.165, 1.54) is 0 Å². The zero-order valence-corrected chi connectivity index (χ0v) is 9.85. The molecule has 5 heteroatoms. The van der Waals surface area contributed by atoms with E-state index < -0.39 is 0 Å². The van der Waals surface area contributed by atoms with Crippen LogP contribution in [0.4, 0.5) is 5.69 Å². The smallest absolute Gasteiger partial charge is 0.248 e. The molecule has 2 aromatic heterocycles. The Kier molecular flexibility index (Phi) is 2.47. The van der Waals surface area contributed by atoms with Crippen molar-refractivity contribution in [2.24, 2.45) is 0 Å². The summed E-state index contributed by atoms with van der Waals surface area (Å²) in [5, 5.41) is 0.369. The number of fused-ring (bicyclic) bond motifs is 1. The van der Waals surface area contributed by atoms with Crippen molar-refractivity contribution < 1.29 is 4.42 Å². The normalized spacial score (nSPS) is 10.4. The summed E-state index contributed by atoms with van der Waals surface area (Å²) in [5.74, 6) is 0.469. The molecular weight excluding hydrogens is 250 g/mol. The van der Waals surface area contributed by atoms with Gasteiger partial charge in [-0.05, 0) is 12.1 Å². The molecular formula is C13H6ClN3O. The minimum Gasteiger partial charge on any atom is -0.418 e. The lowest BCUT2D eigenvalue weighted by atomic mass is 10.2. The van der Waals surface area contributed by atoms with Crippen molar-refractivity contribution in [2.45, 2.75) is 0 Å². The number of halogens is 1. The lowest BCUT2D eigenvalue weighted by molar-refractivity contribution is 0.608. The zero-order chi connectivity index (χ0) is 12.5. The van der Waals surface area contributed by atoms with E-state index in [0.29, 0.717) is 28.0 Å². The van der Waals surface area contributed by atoms with E-state index in [4.69, 9.17) is 22.6 Å². The summed E-state index contributed by atoms with van der Waals surface area (Å²) in [5.41, 5.74) is 2.45. The molecule has 0 N–H and O–H groups in total. The van der Waals surface area contributed by atoms with Gasteiger partial charge in [0.2, 0.25) is 11.6 Å². The summed E-state index contributed by atoms with van der Waals surface area (Å²) >= 11 is 5.78. The van der Waals surface area contributed by atoms with Gasteiger partial charge in [-0.15, -0.1) is 0 Å². The number of hydrogen-bond acceptors (Lipinski definition) is 3. The van der Waals surface area contributed by atoms with Gasteiger partial charge in [-0.1, -0.05) is 35.9 Å². The Morgan fingerprint density at radius 2 is 1.83 bits per heavy atom. The van der Waals surface area contributed by atoms with Gasteiger partial charge in [-0.25, -0.2) is 9.83 Å². The molecule has 0 unspecified atom stereocenters. The summed E-state index contributed by atoms with van der Waals surface area (Å²) in [6.07, 6.45) is 0. The van der Waals surface area contributed by atoms with Crippen LogP contribution in [0.1, 0.15) is 0 Å². The molecule has 0 saturated carbocycles. The van der Waals surface area contributed by atoms with Crippen LogP contribution in [0.15, 0.2) is 40.8 Å². The highest BCUT2D eigenvalue weighted by molar-refractivity contribution is 6.29. The van der Waals surface area contributed by atoms with Crippen LogP contribution >= 0.6 is 11.6 Å². The third-order valence-electron chi connectivity index (χ3n) is 2.46. The average molecular weight is 256 g/mol. The first-order valence-electron chi connectivity index (χ1n) is 5.17. The number of benzene rings is 1. The largest absolute Gasteiger partial charge is 0.418 e. The van der Waals surface area contributed by atoms with Crippen LogP contribution in [0.5, 0.6) is 0 Å². The van der Waals surface area contributed by atoms with E-state index in [1.807, 2.05) is 0 Å². The fourth-order valence-electron chi connectivity index (χ4n) is 1.60. The topological polar surface area (TPSA) is 43.3 Å². The molecule has 0 aliphatic rings. The number of pyridine rings is 1. The van der Waals surface area contributed by atoms with Crippen molar-refractivity contribution in [3.8, 4) is 11.5 Å². The van der Waals surface area contributed by atoms with E-state index in [0.717, 1.165) is 5.56 Å². The first-order valence-corrected chi connectivity index (χ1v) is 5.55. The predicted octanol–water partition coefficient (Wildman–Crippen LogP) is 4.09. The van der Waals surface area contributed by atoms with Gasteiger partial charge in [0, 0.05) is 5.56 Å². The van der Waals surface area contributed by atoms with Crippen molar-refractivity contribution in [1.82, 2.24) is 9.97 Å². The highest BCUT2D eigenvalue weighted by Gasteiger charge is 2.09. The fourth-order valence-corrected chi connectivity index (χ4v) is 1.74. The second-order valence-corrected chi connectivity index (χ2v) is 4.02. The van der Waals surface area contributed by atoms with E-state index in [9.17, 15) is 0 Å². The van der Waals surface area contributed by atoms with Crippen molar-refractivity contribution >= 4 is 28.5 Å². The second kappa shape index (κ2) is 4.13. The molecule has 0 aliphatic carbocycles.